The predicted molar refractivity (Wildman–Crippen MR) is 125 cm³/mol. The van der Waals surface area contributed by atoms with Gasteiger partial charge in [0.15, 0.2) is 4.80 Å². The Kier molecular flexibility index (Phi) is 6.85. The molecule has 1 aromatic heterocycles. The highest BCUT2D eigenvalue weighted by Crippen LogP contribution is 2.25. The van der Waals surface area contributed by atoms with Gasteiger partial charge in [-0.2, -0.15) is 4.99 Å². The molecule has 3 aromatic carbocycles. The van der Waals surface area contributed by atoms with Gasteiger partial charge < -0.3 is 0 Å². The summed E-state index contributed by atoms with van der Waals surface area (Å²) in [4.78, 5) is 17.7. The molecule has 29 heavy (non-hydrogen) atoms. The number of carbonyl (C=O) groups excluding carboxylic acids is 1. The van der Waals surface area contributed by atoms with Crippen molar-refractivity contribution in [1.29, 1.82) is 0 Å². The topological polar surface area (TPSA) is 34.4 Å². The van der Waals surface area contributed by atoms with E-state index in [0.717, 1.165) is 16.9 Å². The van der Waals surface area contributed by atoms with Crippen LogP contribution in [0.1, 0.15) is 15.9 Å². The highest BCUT2D eigenvalue weighted by Gasteiger charge is 2.12. The average Bonchev–Trinajstić information content (AvgIpc) is 3.13. The molecule has 6 heteroatoms. The van der Waals surface area contributed by atoms with E-state index in [1.807, 2.05) is 71.5 Å². The van der Waals surface area contributed by atoms with E-state index in [1.165, 1.54) is 16.9 Å². The first-order valence-corrected chi connectivity index (χ1v) is 10.1. The van der Waals surface area contributed by atoms with Crippen LogP contribution in [0.15, 0.2) is 89.2 Å². The maximum atomic E-state index is 12.7. The number of rotatable bonds is 3. The molecule has 0 unspecified atom stereocenters. The van der Waals surface area contributed by atoms with E-state index in [9.17, 15) is 4.79 Å². The number of nitrogens with zero attached hydrogens (tertiary/aromatic N) is 2. The second kappa shape index (κ2) is 9.35. The molecule has 0 aliphatic carbocycles. The van der Waals surface area contributed by atoms with Gasteiger partial charge in [-0.25, -0.2) is 0 Å². The SMILES string of the molecule is Br.Cc1ccc(-n2c(-c3ccc(Cl)cc3)csc2=NC(=O)c2ccccc2)cc1. The molecular formula is C23H18BrClN2OS. The maximum absolute atomic E-state index is 12.7. The van der Waals surface area contributed by atoms with Gasteiger partial charge in [-0.15, -0.1) is 28.3 Å². The first-order chi connectivity index (χ1) is 13.6. The van der Waals surface area contributed by atoms with Crippen molar-refractivity contribution in [3.63, 3.8) is 0 Å². The fourth-order valence-electron chi connectivity index (χ4n) is 2.89. The second-order valence-corrected chi connectivity index (χ2v) is 7.64. The standard InChI is InChI=1S/C23H17ClN2OS.BrH/c1-16-7-13-20(14-8-16)26-21(17-9-11-19(24)12-10-17)15-28-23(26)25-22(27)18-5-3-2-4-6-18;/h2-15H,1H3;1H. The molecule has 4 rings (SSSR count). The van der Waals surface area contributed by atoms with Gasteiger partial charge in [0.1, 0.15) is 0 Å². The van der Waals surface area contributed by atoms with Crippen molar-refractivity contribution in [2.24, 2.45) is 4.99 Å². The smallest absolute Gasteiger partial charge is 0.279 e. The Morgan fingerprint density at radius 1 is 0.931 bits per heavy atom. The van der Waals surface area contributed by atoms with Crippen LogP contribution in [0, 0.1) is 6.92 Å². The van der Waals surface area contributed by atoms with Crippen LogP contribution in [0.4, 0.5) is 0 Å². The monoisotopic (exact) mass is 484 g/mol. The number of halogens is 2. The number of benzene rings is 3. The van der Waals surface area contributed by atoms with Gasteiger partial charge in [-0.3, -0.25) is 9.36 Å². The van der Waals surface area contributed by atoms with Gasteiger partial charge in [0.2, 0.25) is 0 Å². The summed E-state index contributed by atoms with van der Waals surface area (Å²) in [5, 5.41) is 2.70. The molecule has 0 bridgehead atoms. The molecule has 0 aliphatic rings. The quantitative estimate of drug-likeness (QED) is 0.327. The number of aryl methyl sites for hydroxylation is 1. The molecule has 0 N–H and O–H groups in total. The summed E-state index contributed by atoms with van der Waals surface area (Å²) in [6.07, 6.45) is 0. The van der Waals surface area contributed by atoms with Crippen molar-refractivity contribution in [2.75, 3.05) is 0 Å². The molecule has 146 valence electrons. The van der Waals surface area contributed by atoms with Crippen LogP contribution in [0.5, 0.6) is 0 Å². The minimum Gasteiger partial charge on any atom is -0.285 e. The summed E-state index contributed by atoms with van der Waals surface area (Å²) in [7, 11) is 0. The van der Waals surface area contributed by atoms with Crippen molar-refractivity contribution in [3.8, 4) is 16.9 Å². The Morgan fingerprint density at radius 2 is 1.59 bits per heavy atom. The number of hydrogen-bond acceptors (Lipinski definition) is 2. The van der Waals surface area contributed by atoms with Crippen LogP contribution in [0.25, 0.3) is 16.9 Å². The maximum Gasteiger partial charge on any atom is 0.279 e. The molecule has 0 aliphatic heterocycles. The Bertz CT molecular complexity index is 1180. The zero-order chi connectivity index (χ0) is 19.5. The lowest BCUT2D eigenvalue weighted by Crippen LogP contribution is -2.16. The van der Waals surface area contributed by atoms with Crippen LogP contribution >= 0.6 is 39.9 Å². The molecule has 3 nitrogen and oxygen atoms in total. The summed E-state index contributed by atoms with van der Waals surface area (Å²) in [5.41, 5.74) is 4.67. The lowest BCUT2D eigenvalue weighted by Gasteiger charge is -2.10. The van der Waals surface area contributed by atoms with Gasteiger partial charge in [0.25, 0.3) is 5.91 Å². The van der Waals surface area contributed by atoms with Crippen LogP contribution in [-0.4, -0.2) is 10.5 Å². The van der Waals surface area contributed by atoms with Gasteiger partial charge in [0, 0.05) is 21.7 Å². The zero-order valence-electron chi connectivity index (χ0n) is 15.6. The van der Waals surface area contributed by atoms with E-state index < -0.39 is 0 Å². The van der Waals surface area contributed by atoms with Crippen LogP contribution in [-0.2, 0) is 0 Å². The molecule has 0 atom stereocenters. The molecule has 0 fully saturated rings. The van der Waals surface area contributed by atoms with Crippen LogP contribution in [0.3, 0.4) is 0 Å². The van der Waals surface area contributed by atoms with Crippen molar-refractivity contribution < 1.29 is 4.79 Å². The molecule has 0 saturated carbocycles. The highest BCUT2D eigenvalue weighted by atomic mass is 79.9. The summed E-state index contributed by atoms with van der Waals surface area (Å²) in [5.74, 6) is -0.258. The summed E-state index contributed by atoms with van der Waals surface area (Å²) in [6, 6.07) is 24.9. The highest BCUT2D eigenvalue weighted by molar-refractivity contribution is 8.93. The van der Waals surface area contributed by atoms with E-state index in [4.69, 9.17) is 11.6 Å². The van der Waals surface area contributed by atoms with Crippen LogP contribution < -0.4 is 4.80 Å². The lowest BCUT2D eigenvalue weighted by molar-refractivity contribution is 0.0998. The Hall–Kier alpha value is -2.47. The summed E-state index contributed by atoms with van der Waals surface area (Å²) < 4.78 is 2.01. The third-order valence-corrected chi connectivity index (χ3v) is 5.44. The predicted octanol–water partition coefficient (Wildman–Crippen LogP) is 6.49. The molecule has 1 heterocycles. The first-order valence-electron chi connectivity index (χ1n) is 8.79. The van der Waals surface area contributed by atoms with E-state index in [0.29, 0.717) is 15.4 Å². The fourth-order valence-corrected chi connectivity index (χ4v) is 3.92. The zero-order valence-corrected chi connectivity index (χ0v) is 18.9. The van der Waals surface area contributed by atoms with Crippen molar-refractivity contribution in [1.82, 2.24) is 4.57 Å². The van der Waals surface area contributed by atoms with E-state index in [-0.39, 0.29) is 22.9 Å². The van der Waals surface area contributed by atoms with Crippen molar-refractivity contribution in [2.45, 2.75) is 6.92 Å². The molecule has 0 spiro atoms. The number of hydrogen-bond donors (Lipinski definition) is 0. The molecular weight excluding hydrogens is 468 g/mol. The number of aromatic nitrogens is 1. The van der Waals surface area contributed by atoms with E-state index >= 15 is 0 Å². The van der Waals surface area contributed by atoms with Gasteiger partial charge in [-0.05, 0) is 48.9 Å². The van der Waals surface area contributed by atoms with Gasteiger partial charge in [-0.1, -0.05) is 59.6 Å². The molecule has 0 radical (unpaired) electrons. The fraction of sp³-hybridized carbons (Fsp3) is 0.0435. The van der Waals surface area contributed by atoms with Crippen molar-refractivity contribution >= 4 is 45.8 Å². The van der Waals surface area contributed by atoms with E-state index in [2.05, 4.69) is 17.1 Å². The van der Waals surface area contributed by atoms with Gasteiger partial charge >= 0.3 is 0 Å². The van der Waals surface area contributed by atoms with E-state index in [1.54, 1.807) is 12.1 Å². The third kappa shape index (κ3) is 4.75. The average molecular weight is 486 g/mol. The molecule has 0 saturated heterocycles. The van der Waals surface area contributed by atoms with Crippen LogP contribution in [0.2, 0.25) is 5.02 Å². The summed E-state index contributed by atoms with van der Waals surface area (Å²) >= 11 is 7.49. The summed E-state index contributed by atoms with van der Waals surface area (Å²) in [6.45, 7) is 2.05. The molecule has 1 amide bonds. The van der Waals surface area contributed by atoms with Crippen molar-refractivity contribution in [3.05, 3.63) is 105 Å². The lowest BCUT2D eigenvalue weighted by atomic mass is 10.1. The number of amides is 1. The van der Waals surface area contributed by atoms with Gasteiger partial charge in [0.05, 0.1) is 5.69 Å². The number of thiazole rings is 1. The molecule has 4 aromatic rings. The first kappa shape index (κ1) is 21.2. The normalized spacial score (nSPS) is 11.2. The minimum atomic E-state index is -0.258. The number of carbonyl (C=O) groups is 1. The Morgan fingerprint density at radius 3 is 2.24 bits per heavy atom. The Balaban J connectivity index is 0.00000240. The Labute approximate surface area is 188 Å². The second-order valence-electron chi connectivity index (χ2n) is 6.36. The minimum absolute atomic E-state index is 0. The third-order valence-electron chi connectivity index (χ3n) is 4.36. The largest absolute Gasteiger partial charge is 0.285 e.